The van der Waals surface area contributed by atoms with Crippen LogP contribution in [0.5, 0.6) is 5.75 Å². The summed E-state index contributed by atoms with van der Waals surface area (Å²) in [7, 11) is 5.53. The normalized spacial score (nSPS) is 10.3. The number of esters is 1. The van der Waals surface area contributed by atoms with Crippen LogP contribution in [-0.4, -0.2) is 51.1 Å². The van der Waals surface area contributed by atoms with E-state index in [9.17, 15) is 14.0 Å². The molecule has 1 amide bonds. The molecule has 28 heavy (non-hydrogen) atoms. The van der Waals surface area contributed by atoms with E-state index in [1.165, 1.54) is 11.0 Å². The Morgan fingerprint density at radius 3 is 2.32 bits per heavy atom. The number of rotatable bonds is 8. The van der Waals surface area contributed by atoms with Gasteiger partial charge in [0.25, 0.3) is 5.91 Å². The monoisotopic (exact) mass is 408 g/mol. The molecular weight excluding hydrogens is 387 g/mol. The number of hydrogen-bond acceptors (Lipinski definition) is 5. The van der Waals surface area contributed by atoms with Crippen LogP contribution in [0, 0.1) is 5.82 Å². The summed E-state index contributed by atoms with van der Waals surface area (Å²) < 4.78 is 23.1. The summed E-state index contributed by atoms with van der Waals surface area (Å²) in [5.74, 6) is -1.42. The van der Waals surface area contributed by atoms with Crippen LogP contribution in [0.25, 0.3) is 0 Å². The second-order valence-corrected chi connectivity index (χ2v) is 6.74. The maximum Gasteiger partial charge on any atom is 0.344 e. The summed E-state index contributed by atoms with van der Waals surface area (Å²) in [6.45, 7) is -0.439. The van der Waals surface area contributed by atoms with Crippen molar-refractivity contribution in [2.24, 2.45) is 0 Å². The zero-order valence-corrected chi connectivity index (χ0v) is 16.7. The van der Waals surface area contributed by atoms with Gasteiger partial charge in [-0.2, -0.15) is 0 Å². The third-order valence-corrected chi connectivity index (χ3v) is 4.19. The molecule has 0 saturated carbocycles. The Morgan fingerprint density at radius 2 is 1.71 bits per heavy atom. The van der Waals surface area contributed by atoms with Crippen molar-refractivity contribution in [2.45, 2.75) is 6.54 Å². The van der Waals surface area contributed by atoms with Gasteiger partial charge in [-0.05, 0) is 35.9 Å². The van der Waals surface area contributed by atoms with E-state index in [-0.39, 0.29) is 16.7 Å². The Labute approximate surface area is 168 Å². The maximum atomic E-state index is 13.0. The molecule has 0 unspecified atom stereocenters. The van der Waals surface area contributed by atoms with Gasteiger partial charge in [0.05, 0.1) is 5.02 Å². The number of hydrogen-bond donors (Lipinski definition) is 0. The van der Waals surface area contributed by atoms with Crippen molar-refractivity contribution in [1.29, 1.82) is 0 Å². The predicted molar refractivity (Wildman–Crippen MR) is 105 cm³/mol. The highest BCUT2D eigenvalue weighted by atomic mass is 35.5. The topological polar surface area (TPSA) is 59.1 Å². The third-order valence-electron chi connectivity index (χ3n) is 3.89. The Morgan fingerprint density at radius 1 is 1.04 bits per heavy atom. The van der Waals surface area contributed by atoms with Crippen molar-refractivity contribution in [3.05, 3.63) is 58.9 Å². The molecule has 0 heterocycles. The molecule has 0 aliphatic carbocycles. The van der Waals surface area contributed by atoms with E-state index in [0.29, 0.717) is 6.54 Å². The fraction of sp³-hybridized carbons (Fsp3) is 0.300. The molecule has 150 valence electrons. The SMILES string of the molecule is CN(Cc1ccc(N(C)C)cc1)C(=O)COC(=O)COc1ccc(F)cc1Cl. The van der Waals surface area contributed by atoms with E-state index in [1.807, 2.05) is 43.3 Å². The first-order chi connectivity index (χ1) is 13.3. The van der Waals surface area contributed by atoms with Gasteiger partial charge in [-0.3, -0.25) is 4.79 Å². The summed E-state index contributed by atoms with van der Waals surface area (Å²) >= 11 is 5.81. The van der Waals surface area contributed by atoms with Crippen molar-refractivity contribution in [3.8, 4) is 5.75 Å². The number of anilines is 1. The molecule has 0 spiro atoms. The molecule has 0 radical (unpaired) electrons. The third kappa shape index (κ3) is 6.42. The number of ether oxygens (including phenoxy) is 2. The summed E-state index contributed by atoms with van der Waals surface area (Å²) in [5.41, 5.74) is 2.02. The second kappa shape index (κ2) is 9.94. The Kier molecular flexibility index (Phi) is 7.63. The molecule has 0 saturated heterocycles. The zero-order chi connectivity index (χ0) is 20.7. The first-order valence-electron chi connectivity index (χ1n) is 8.50. The summed E-state index contributed by atoms with van der Waals surface area (Å²) in [4.78, 5) is 27.3. The Hall–Kier alpha value is -2.80. The molecule has 8 heteroatoms. The van der Waals surface area contributed by atoms with Gasteiger partial charge in [0.2, 0.25) is 0 Å². The lowest BCUT2D eigenvalue weighted by molar-refractivity contribution is -0.153. The quantitative estimate of drug-likeness (QED) is 0.628. The minimum Gasteiger partial charge on any atom is -0.480 e. The lowest BCUT2D eigenvalue weighted by Crippen LogP contribution is -2.31. The lowest BCUT2D eigenvalue weighted by atomic mass is 10.2. The highest BCUT2D eigenvalue weighted by Gasteiger charge is 2.14. The van der Waals surface area contributed by atoms with E-state index in [4.69, 9.17) is 21.1 Å². The van der Waals surface area contributed by atoms with Gasteiger partial charge >= 0.3 is 5.97 Å². The number of benzene rings is 2. The largest absolute Gasteiger partial charge is 0.480 e. The summed E-state index contributed by atoms with van der Waals surface area (Å²) in [5, 5.41) is 0.0453. The number of likely N-dealkylation sites (N-methyl/N-ethyl adjacent to an activating group) is 1. The number of carbonyl (C=O) groups excluding carboxylic acids is 2. The van der Waals surface area contributed by atoms with Crippen LogP contribution in [0.3, 0.4) is 0 Å². The van der Waals surface area contributed by atoms with Gasteiger partial charge in [0.1, 0.15) is 11.6 Å². The van der Waals surface area contributed by atoms with Gasteiger partial charge in [-0.15, -0.1) is 0 Å². The Bertz CT molecular complexity index is 827. The van der Waals surface area contributed by atoms with Crippen molar-refractivity contribution in [3.63, 3.8) is 0 Å². The zero-order valence-electron chi connectivity index (χ0n) is 15.9. The maximum absolute atomic E-state index is 13.0. The molecular formula is C20H22ClFN2O4. The predicted octanol–water partition coefficient (Wildman–Crippen LogP) is 3.13. The highest BCUT2D eigenvalue weighted by Crippen LogP contribution is 2.24. The van der Waals surface area contributed by atoms with E-state index < -0.39 is 25.0 Å². The fourth-order valence-electron chi connectivity index (χ4n) is 2.28. The standard InChI is InChI=1S/C20H22ClFN2O4/c1-23(2)16-7-4-14(5-8-16)11-24(3)19(25)12-28-20(26)13-27-18-9-6-15(22)10-17(18)21/h4-10H,11-13H2,1-3H3. The molecule has 2 rings (SSSR count). The van der Waals surface area contributed by atoms with Gasteiger partial charge in [0.15, 0.2) is 13.2 Å². The fourth-order valence-corrected chi connectivity index (χ4v) is 2.51. The summed E-state index contributed by atoms with van der Waals surface area (Å²) in [6, 6.07) is 11.3. The molecule has 0 N–H and O–H groups in total. The average molecular weight is 409 g/mol. The smallest absolute Gasteiger partial charge is 0.344 e. The molecule has 0 aromatic heterocycles. The number of amides is 1. The molecule has 0 aliphatic rings. The first-order valence-corrected chi connectivity index (χ1v) is 8.87. The lowest BCUT2D eigenvalue weighted by Gasteiger charge is -2.18. The van der Waals surface area contributed by atoms with Crippen LogP contribution in [0.4, 0.5) is 10.1 Å². The molecule has 6 nitrogen and oxygen atoms in total. The van der Waals surface area contributed by atoms with Crippen molar-refractivity contribution >= 4 is 29.2 Å². The van der Waals surface area contributed by atoms with Gasteiger partial charge in [-0.1, -0.05) is 23.7 Å². The summed E-state index contributed by atoms with van der Waals surface area (Å²) in [6.07, 6.45) is 0. The minimum atomic E-state index is -0.725. The van der Waals surface area contributed by atoms with Crippen LogP contribution in [0.2, 0.25) is 5.02 Å². The van der Waals surface area contributed by atoms with Crippen LogP contribution in [0.15, 0.2) is 42.5 Å². The van der Waals surface area contributed by atoms with Gasteiger partial charge in [-0.25, -0.2) is 9.18 Å². The Balaban J connectivity index is 1.76. The van der Waals surface area contributed by atoms with E-state index in [1.54, 1.807) is 7.05 Å². The second-order valence-electron chi connectivity index (χ2n) is 6.33. The van der Waals surface area contributed by atoms with Crippen molar-refractivity contribution in [2.75, 3.05) is 39.3 Å². The van der Waals surface area contributed by atoms with Crippen LogP contribution >= 0.6 is 11.6 Å². The number of halogens is 2. The van der Waals surface area contributed by atoms with Crippen LogP contribution < -0.4 is 9.64 Å². The molecule has 2 aromatic rings. The van der Waals surface area contributed by atoms with Crippen LogP contribution in [0.1, 0.15) is 5.56 Å². The van der Waals surface area contributed by atoms with E-state index >= 15 is 0 Å². The number of nitrogens with zero attached hydrogens (tertiary/aromatic N) is 2. The number of carbonyl (C=O) groups is 2. The average Bonchev–Trinajstić information content (AvgIpc) is 2.65. The van der Waals surface area contributed by atoms with Gasteiger partial charge < -0.3 is 19.3 Å². The first kappa shape index (κ1) is 21.5. The van der Waals surface area contributed by atoms with E-state index in [0.717, 1.165) is 23.4 Å². The molecule has 2 aromatic carbocycles. The van der Waals surface area contributed by atoms with E-state index in [2.05, 4.69) is 0 Å². The van der Waals surface area contributed by atoms with Crippen molar-refractivity contribution < 1.29 is 23.5 Å². The molecule has 0 bridgehead atoms. The molecule has 0 aliphatic heterocycles. The highest BCUT2D eigenvalue weighted by molar-refractivity contribution is 6.32. The van der Waals surface area contributed by atoms with Gasteiger partial charge in [0, 0.05) is 33.4 Å². The molecule has 0 fully saturated rings. The van der Waals surface area contributed by atoms with Crippen molar-refractivity contribution in [1.82, 2.24) is 4.90 Å². The minimum absolute atomic E-state index is 0.0453. The van der Waals surface area contributed by atoms with Crippen LogP contribution in [-0.2, 0) is 20.9 Å². The molecule has 0 atom stereocenters.